The zero-order valence-corrected chi connectivity index (χ0v) is 15.4. The predicted molar refractivity (Wildman–Crippen MR) is 101 cm³/mol. The van der Waals surface area contributed by atoms with Crippen molar-refractivity contribution >= 4 is 11.9 Å². The predicted octanol–water partition coefficient (Wildman–Crippen LogP) is 3.44. The van der Waals surface area contributed by atoms with Gasteiger partial charge in [0.15, 0.2) is 6.61 Å². The normalized spacial score (nSPS) is 12.7. The van der Waals surface area contributed by atoms with Crippen LogP contribution in [0, 0.1) is 5.92 Å². The van der Waals surface area contributed by atoms with E-state index in [1.54, 1.807) is 0 Å². The molecule has 26 heavy (non-hydrogen) atoms. The summed E-state index contributed by atoms with van der Waals surface area (Å²) in [5.41, 5.74) is 1.92. The first-order chi connectivity index (χ1) is 12.6. The Morgan fingerprint density at radius 1 is 1.04 bits per heavy atom. The molecule has 0 bridgehead atoms. The molecule has 0 spiro atoms. The molecule has 0 fully saturated rings. The minimum absolute atomic E-state index is 0.0250. The maximum absolute atomic E-state index is 12.3. The van der Waals surface area contributed by atoms with Crippen molar-refractivity contribution in [1.29, 1.82) is 0 Å². The van der Waals surface area contributed by atoms with Gasteiger partial charge in [-0.2, -0.15) is 0 Å². The molecule has 1 N–H and O–H groups in total. The van der Waals surface area contributed by atoms with Crippen LogP contribution in [0.1, 0.15) is 20.3 Å². The van der Waals surface area contributed by atoms with Crippen LogP contribution in [0.5, 0.6) is 5.75 Å². The zero-order valence-electron chi connectivity index (χ0n) is 15.4. The molecule has 5 heteroatoms. The van der Waals surface area contributed by atoms with Gasteiger partial charge in [0.05, 0.1) is 7.11 Å². The van der Waals surface area contributed by atoms with Gasteiger partial charge in [0.1, 0.15) is 11.8 Å². The summed E-state index contributed by atoms with van der Waals surface area (Å²) in [5.74, 6) is -0.212. The topological polar surface area (TPSA) is 64.6 Å². The van der Waals surface area contributed by atoms with Crippen LogP contribution in [0.2, 0.25) is 0 Å². The van der Waals surface area contributed by atoms with E-state index in [4.69, 9.17) is 9.47 Å². The summed E-state index contributed by atoms with van der Waals surface area (Å²) >= 11 is 0. The number of rotatable bonds is 8. The second kappa shape index (κ2) is 9.61. The maximum Gasteiger partial charge on any atom is 0.328 e. The van der Waals surface area contributed by atoms with Gasteiger partial charge in [-0.25, -0.2) is 4.79 Å². The first-order valence-electron chi connectivity index (χ1n) is 8.71. The smallest absolute Gasteiger partial charge is 0.328 e. The Labute approximate surface area is 154 Å². The van der Waals surface area contributed by atoms with E-state index in [2.05, 4.69) is 5.32 Å². The molecule has 2 rings (SSSR count). The van der Waals surface area contributed by atoms with Crippen LogP contribution in [0.3, 0.4) is 0 Å². The van der Waals surface area contributed by atoms with E-state index < -0.39 is 12.0 Å². The van der Waals surface area contributed by atoms with E-state index >= 15 is 0 Å². The van der Waals surface area contributed by atoms with Gasteiger partial charge in [-0.15, -0.1) is 0 Å². The van der Waals surface area contributed by atoms with Crippen molar-refractivity contribution in [2.75, 3.05) is 13.7 Å². The van der Waals surface area contributed by atoms with E-state index in [9.17, 15) is 9.59 Å². The SMILES string of the molecule is CC[C@H](C)[C@H](NC(=O)COc1ccccc1-c1ccccc1)C(=O)OC. The lowest BCUT2D eigenvalue weighted by Gasteiger charge is -2.22. The third kappa shape index (κ3) is 5.09. The molecule has 0 aliphatic heterocycles. The van der Waals surface area contributed by atoms with E-state index in [0.717, 1.165) is 17.5 Å². The molecule has 0 aliphatic rings. The van der Waals surface area contributed by atoms with Gasteiger partial charge in [0.2, 0.25) is 0 Å². The highest BCUT2D eigenvalue weighted by molar-refractivity contribution is 5.85. The number of carbonyl (C=O) groups is 2. The van der Waals surface area contributed by atoms with Gasteiger partial charge in [0.25, 0.3) is 5.91 Å². The number of para-hydroxylation sites is 1. The third-order valence-corrected chi connectivity index (χ3v) is 4.32. The fraction of sp³-hybridized carbons (Fsp3) is 0.333. The summed E-state index contributed by atoms with van der Waals surface area (Å²) < 4.78 is 10.5. The lowest BCUT2D eigenvalue weighted by molar-refractivity contribution is -0.146. The number of nitrogens with one attached hydrogen (secondary N) is 1. The van der Waals surface area contributed by atoms with Crippen molar-refractivity contribution in [3.63, 3.8) is 0 Å². The van der Waals surface area contributed by atoms with Crippen molar-refractivity contribution in [2.45, 2.75) is 26.3 Å². The summed E-state index contributed by atoms with van der Waals surface area (Å²) in [6, 6.07) is 16.7. The molecular weight excluding hydrogens is 330 g/mol. The highest BCUT2D eigenvalue weighted by Crippen LogP contribution is 2.29. The first-order valence-corrected chi connectivity index (χ1v) is 8.71. The van der Waals surface area contributed by atoms with E-state index in [-0.39, 0.29) is 18.4 Å². The number of methoxy groups -OCH3 is 1. The van der Waals surface area contributed by atoms with Crippen LogP contribution in [0.15, 0.2) is 54.6 Å². The van der Waals surface area contributed by atoms with Gasteiger partial charge in [-0.1, -0.05) is 68.8 Å². The minimum Gasteiger partial charge on any atom is -0.483 e. The van der Waals surface area contributed by atoms with Crippen molar-refractivity contribution < 1.29 is 19.1 Å². The second-order valence-corrected chi connectivity index (χ2v) is 6.10. The molecule has 2 aromatic carbocycles. The van der Waals surface area contributed by atoms with Gasteiger partial charge >= 0.3 is 5.97 Å². The number of carbonyl (C=O) groups excluding carboxylic acids is 2. The molecule has 0 saturated heterocycles. The van der Waals surface area contributed by atoms with Gasteiger partial charge in [-0.05, 0) is 17.5 Å². The fourth-order valence-electron chi connectivity index (χ4n) is 2.60. The number of esters is 1. The number of benzene rings is 2. The van der Waals surface area contributed by atoms with Gasteiger partial charge in [0, 0.05) is 5.56 Å². The molecule has 0 unspecified atom stereocenters. The standard InChI is InChI=1S/C21H25NO4/c1-4-15(2)20(21(24)25-3)22-19(23)14-26-18-13-9-8-12-17(18)16-10-6-5-7-11-16/h5-13,15,20H,4,14H2,1-3H3,(H,22,23)/t15-,20-/m0/s1. The first kappa shape index (κ1) is 19.5. The van der Waals surface area contributed by atoms with E-state index in [1.807, 2.05) is 68.4 Å². The van der Waals surface area contributed by atoms with E-state index in [1.165, 1.54) is 7.11 Å². The Bertz CT molecular complexity index is 730. The number of hydrogen-bond donors (Lipinski definition) is 1. The largest absolute Gasteiger partial charge is 0.483 e. The van der Waals surface area contributed by atoms with Gasteiger partial charge < -0.3 is 14.8 Å². The monoisotopic (exact) mass is 355 g/mol. The summed E-state index contributed by atoms with van der Waals surface area (Å²) in [5, 5.41) is 2.71. The average molecular weight is 355 g/mol. The Kier molecular flexibility index (Phi) is 7.21. The molecule has 1 amide bonds. The highest BCUT2D eigenvalue weighted by Gasteiger charge is 2.26. The van der Waals surface area contributed by atoms with Crippen LogP contribution in [-0.4, -0.2) is 31.6 Å². The van der Waals surface area contributed by atoms with Crippen molar-refractivity contribution in [3.8, 4) is 16.9 Å². The minimum atomic E-state index is -0.675. The van der Waals surface area contributed by atoms with Crippen LogP contribution in [0.4, 0.5) is 0 Å². The molecule has 0 saturated carbocycles. The van der Waals surface area contributed by atoms with Crippen LogP contribution in [0.25, 0.3) is 11.1 Å². The average Bonchev–Trinajstić information content (AvgIpc) is 2.70. The quantitative estimate of drug-likeness (QED) is 0.737. The third-order valence-electron chi connectivity index (χ3n) is 4.32. The molecule has 2 aromatic rings. The summed E-state index contributed by atoms with van der Waals surface area (Å²) in [6.07, 6.45) is 0.748. The molecular formula is C21H25NO4. The highest BCUT2D eigenvalue weighted by atomic mass is 16.5. The number of ether oxygens (including phenoxy) is 2. The summed E-state index contributed by atoms with van der Waals surface area (Å²) in [6.45, 7) is 3.68. The summed E-state index contributed by atoms with van der Waals surface area (Å²) in [7, 11) is 1.32. The Hall–Kier alpha value is -2.82. The Morgan fingerprint density at radius 3 is 2.35 bits per heavy atom. The number of amides is 1. The van der Waals surface area contributed by atoms with Crippen LogP contribution in [-0.2, 0) is 14.3 Å². The van der Waals surface area contributed by atoms with Crippen molar-refractivity contribution in [3.05, 3.63) is 54.6 Å². The molecule has 138 valence electrons. The molecule has 0 radical (unpaired) electrons. The molecule has 5 nitrogen and oxygen atoms in total. The van der Waals surface area contributed by atoms with Crippen molar-refractivity contribution in [2.24, 2.45) is 5.92 Å². The van der Waals surface area contributed by atoms with Crippen LogP contribution >= 0.6 is 0 Å². The lowest BCUT2D eigenvalue weighted by atomic mass is 9.99. The second-order valence-electron chi connectivity index (χ2n) is 6.10. The summed E-state index contributed by atoms with van der Waals surface area (Å²) in [4.78, 5) is 24.2. The van der Waals surface area contributed by atoms with Crippen molar-refractivity contribution in [1.82, 2.24) is 5.32 Å². The number of hydrogen-bond acceptors (Lipinski definition) is 4. The zero-order chi connectivity index (χ0) is 18.9. The Morgan fingerprint density at radius 2 is 1.69 bits per heavy atom. The van der Waals surface area contributed by atoms with Crippen LogP contribution < -0.4 is 10.1 Å². The fourth-order valence-corrected chi connectivity index (χ4v) is 2.60. The molecule has 2 atom stereocenters. The molecule has 0 heterocycles. The molecule has 0 aliphatic carbocycles. The maximum atomic E-state index is 12.3. The lowest BCUT2D eigenvalue weighted by Crippen LogP contribution is -2.47. The molecule has 0 aromatic heterocycles. The van der Waals surface area contributed by atoms with Gasteiger partial charge in [-0.3, -0.25) is 4.79 Å². The Balaban J connectivity index is 2.05. The van der Waals surface area contributed by atoms with E-state index in [0.29, 0.717) is 5.75 Å².